The van der Waals surface area contributed by atoms with Gasteiger partial charge in [0.15, 0.2) is 0 Å². The van der Waals surface area contributed by atoms with Crippen LogP contribution < -0.4 is 10.6 Å². The molecule has 0 aliphatic heterocycles. The van der Waals surface area contributed by atoms with Crippen LogP contribution in [0.5, 0.6) is 0 Å². The Morgan fingerprint density at radius 2 is 1.54 bits per heavy atom. The van der Waals surface area contributed by atoms with Crippen molar-refractivity contribution in [1.82, 2.24) is 10.6 Å². The summed E-state index contributed by atoms with van der Waals surface area (Å²) in [6, 6.07) is 0.185. The quantitative estimate of drug-likeness (QED) is 0.482. The van der Waals surface area contributed by atoms with Gasteiger partial charge in [-0.15, -0.1) is 0 Å². The fourth-order valence-electron chi connectivity index (χ4n) is 3.02. The Kier molecular flexibility index (Phi) is 11.9. The molecule has 0 radical (unpaired) electrons. The van der Waals surface area contributed by atoms with E-state index >= 15 is 0 Å². The number of hydrogen-bond donors (Lipinski definition) is 2. The van der Waals surface area contributed by atoms with Gasteiger partial charge in [-0.2, -0.15) is 0 Å². The molecule has 0 bridgehead atoms. The van der Waals surface area contributed by atoms with Crippen molar-refractivity contribution in [1.29, 1.82) is 0 Å². The average Bonchev–Trinajstić information content (AvgIpc) is 2.66. The van der Waals surface area contributed by atoms with Crippen molar-refractivity contribution in [3.63, 3.8) is 0 Å². The first-order valence-electron chi connectivity index (χ1n) is 9.81. The van der Waals surface area contributed by atoms with Gasteiger partial charge in [0.25, 0.3) is 0 Å². The van der Waals surface area contributed by atoms with E-state index < -0.39 is 0 Å². The number of ketones is 1. The van der Waals surface area contributed by atoms with Gasteiger partial charge in [0.2, 0.25) is 11.8 Å². The molecule has 0 aromatic rings. The number of amides is 2. The number of carbonyl (C=O) groups is 3. The highest BCUT2D eigenvalue weighted by molar-refractivity contribution is 5.81. The zero-order valence-corrected chi connectivity index (χ0v) is 16.2. The van der Waals surface area contributed by atoms with E-state index in [4.69, 9.17) is 9.47 Å². The summed E-state index contributed by atoms with van der Waals surface area (Å²) in [7, 11) is 0. The van der Waals surface area contributed by atoms with Crippen molar-refractivity contribution < 1.29 is 26.7 Å². The summed E-state index contributed by atoms with van der Waals surface area (Å²) < 4.78 is 10.7. The SMILES string of the molecule is CCC(=O)NCCOCCOCCC(=O)NC1CCC(C(=O)CC)CC1.[HH].[HH]. The van der Waals surface area contributed by atoms with Crippen molar-refractivity contribution in [2.45, 2.75) is 64.8 Å². The molecule has 1 aliphatic rings. The van der Waals surface area contributed by atoms with Crippen molar-refractivity contribution in [2.24, 2.45) is 5.92 Å². The third-order valence-corrected chi connectivity index (χ3v) is 4.63. The minimum Gasteiger partial charge on any atom is -0.379 e. The molecule has 0 spiro atoms. The Morgan fingerprint density at radius 3 is 2.15 bits per heavy atom. The Morgan fingerprint density at radius 1 is 0.885 bits per heavy atom. The molecule has 0 heterocycles. The molecule has 1 rings (SSSR count). The monoisotopic (exact) mass is 374 g/mol. The highest BCUT2D eigenvalue weighted by Gasteiger charge is 2.25. The minimum absolute atomic E-state index is 0. The molecule has 154 valence electrons. The highest BCUT2D eigenvalue weighted by atomic mass is 16.5. The zero-order valence-electron chi connectivity index (χ0n) is 16.2. The van der Waals surface area contributed by atoms with Crippen LogP contribution in [0.4, 0.5) is 0 Å². The smallest absolute Gasteiger partial charge is 0.222 e. The molecule has 1 fully saturated rings. The maximum atomic E-state index is 11.9. The van der Waals surface area contributed by atoms with Crippen LogP contribution in [-0.2, 0) is 23.9 Å². The summed E-state index contributed by atoms with van der Waals surface area (Å²) in [6.45, 7) is 5.91. The lowest BCUT2D eigenvalue weighted by Crippen LogP contribution is -2.39. The van der Waals surface area contributed by atoms with E-state index in [1.807, 2.05) is 6.92 Å². The predicted octanol–water partition coefficient (Wildman–Crippen LogP) is 2.08. The third kappa shape index (κ3) is 9.87. The second-order valence-corrected chi connectivity index (χ2v) is 6.61. The van der Waals surface area contributed by atoms with E-state index in [-0.39, 0.29) is 26.6 Å². The summed E-state index contributed by atoms with van der Waals surface area (Å²) in [6.07, 6.45) is 4.94. The van der Waals surface area contributed by atoms with Crippen LogP contribution in [0.25, 0.3) is 0 Å². The fraction of sp³-hybridized carbons (Fsp3) is 0.842. The Labute approximate surface area is 159 Å². The number of nitrogens with one attached hydrogen (secondary N) is 2. The standard InChI is InChI=1S/C19H34N2O5.2H2/c1-3-17(22)15-5-7-16(8-6-15)21-19(24)9-11-25-13-14-26-12-10-20-18(23)4-2;;/h15-16H,3-14H2,1-2H3,(H,20,23)(H,21,24);2*1H. The first kappa shape index (κ1) is 22.6. The summed E-state index contributed by atoms with van der Waals surface area (Å²) in [4.78, 5) is 34.6. The Hall–Kier alpha value is -1.47. The number of rotatable bonds is 13. The highest BCUT2D eigenvalue weighted by Crippen LogP contribution is 2.25. The number of hydrogen-bond acceptors (Lipinski definition) is 5. The molecule has 1 saturated carbocycles. The second-order valence-electron chi connectivity index (χ2n) is 6.61. The van der Waals surface area contributed by atoms with Gasteiger partial charge in [0.1, 0.15) is 5.78 Å². The molecule has 0 saturated heterocycles. The van der Waals surface area contributed by atoms with Crippen molar-refractivity contribution in [3.05, 3.63) is 0 Å². The molecule has 7 nitrogen and oxygen atoms in total. The number of carbonyl (C=O) groups excluding carboxylic acids is 3. The molecule has 0 aromatic heterocycles. The molecule has 7 heteroatoms. The van der Waals surface area contributed by atoms with Crippen LogP contribution in [0.2, 0.25) is 0 Å². The second kappa shape index (κ2) is 13.7. The Bertz CT molecular complexity index is 444. The van der Waals surface area contributed by atoms with E-state index in [1.165, 1.54) is 0 Å². The van der Waals surface area contributed by atoms with Crippen LogP contribution in [0.15, 0.2) is 0 Å². The van der Waals surface area contributed by atoms with Gasteiger partial charge in [-0.05, 0) is 25.7 Å². The van der Waals surface area contributed by atoms with Gasteiger partial charge in [-0.25, -0.2) is 0 Å². The normalized spacial score (nSPS) is 19.8. The lowest BCUT2D eigenvalue weighted by atomic mass is 9.83. The largest absolute Gasteiger partial charge is 0.379 e. The molecule has 0 aromatic carbocycles. The minimum atomic E-state index is -0.00142. The lowest BCUT2D eigenvalue weighted by molar-refractivity contribution is -0.124. The van der Waals surface area contributed by atoms with Gasteiger partial charge >= 0.3 is 0 Å². The first-order chi connectivity index (χ1) is 12.6. The van der Waals surface area contributed by atoms with Gasteiger partial charge in [-0.1, -0.05) is 13.8 Å². The van der Waals surface area contributed by atoms with E-state index in [1.54, 1.807) is 6.92 Å². The average molecular weight is 375 g/mol. The Balaban J connectivity index is 0. The van der Waals surface area contributed by atoms with Crippen LogP contribution >= 0.6 is 0 Å². The summed E-state index contributed by atoms with van der Waals surface area (Å²) in [5.74, 6) is 0.546. The van der Waals surface area contributed by atoms with E-state index in [0.717, 1.165) is 25.7 Å². The first-order valence-corrected chi connectivity index (χ1v) is 9.81. The number of ether oxygens (including phenoxy) is 2. The van der Waals surface area contributed by atoms with Gasteiger partial charge < -0.3 is 20.1 Å². The van der Waals surface area contributed by atoms with Gasteiger partial charge in [0, 0.05) is 40.6 Å². The molecule has 0 unspecified atom stereocenters. The van der Waals surface area contributed by atoms with Crippen molar-refractivity contribution >= 4 is 17.6 Å². The van der Waals surface area contributed by atoms with Crippen LogP contribution in [0.3, 0.4) is 0 Å². The molecule has 2 amide bonds. The molecular formula is C19H38N2O5. The molecule has 26 heavy (non-hydrogen) atoms. The lowest BCUT2D eigenvalue weighted by Gasteiger charge is -2.28. The summed E-state index contributed by atoms with van der Waals surface area (Å²) in [5, 5.41) is 5.75. The third-order valence-electron chi connectivity index (χ3n) is 4.63. The van der Waals surface area contributed by atoms with Gasteiger partial charge in [0.05, 0.1) is 26.4 Å². The van der Waals surface area contributed by atoms with E-state index in [0.29, 0.717) is 58.0 Å². The van der Waals surface area contributed by atoms with E-state index in [9.17, 15) is 14.4 Å². The molecule has 1 aliphatic carbocycles. The fourth-order valence-corrected chi connectivity index (χ4v) is 3.02. The van der Waals surface area contributed by atoms with Crippen molar-refractivity contribution in [2.75, 3.05) is 33.0 Å². The van der Waals surface area contributed by atoms with Crippen molar-refractivity contribution in [3.8, 4) is 0 Å². The maximum absolute atomic E-state index is 11.9. The maximum Gasteiger partial charge on any atom is 0.222 e. The number of Topliss-reactive ketones (excluding diaryl/α,β-unsaturated/α-hetero) is 1. The van der Waals surface area contributed by atoms with Crippen LogP contribution in [-0.4, -0.2) is 56.6 Å². The molecule has 2 N–H and O–H groups in total. The van der Waals surface area contributed by atoms with Gasteiger partial charge in [-0.3, -0.25) is 14.4 Å². The molecular weight excluding hydrogens is 336 g/mol. The summed E-state index contributed by atoms with van der Waals surface area (Å²) in [5.41, 5.74) is 0. The van der Waals surface area contributed by atoms with Crippen LogP contribution in [0, 0.1) is 5.92 Å². The van der Waals surface area contributed by atoms with E-state index in [2.05, 4.69) is 10.6 Å². The predicted molar refractivity (Wildman–Crippen MR) is 103 cm³/mol. The molecule has 0 atom stereocenters. The zero-order chi connectivity index (χ0) is 19.2. The van der Waals surface area contributed by atoms with Crippen LogP contribution in [0.1, 0.15) is 61.6 Å². The summed E-state index contributed by atoms with van der Waals surface area (Å²) >= 11 is 0. The topological polar surface area (TPSA) is 93.7 Å².